The predicted molar refractivity (Wildman–Crippen MR) is 98.4 cm³/mol. The number of hydrogen-bond acceptors (Lipinski definition) is 2. The Morgan fingerprint density at radius 1 is 0.958 bits per heavy atom. The van der Waals surface area contributed by atoms with E-state index < -0.39 is 0 Å². The van der Waals surface area contributed by atoms with Crippen molar-refractivity contribution < 1.29 is 9.53 Å². The maximum Gasteiger partial charge on any atom is 0.251 e. The van der Waals surface area contributed by atoms with Crippen LogP contribution in [0.25, 0.3) is 0 Å². The van der Waals surface area contributed by atoms with E-state index in [9.17, 15) is 4.79 Å². The second-order valence-electron chi connectivity index (χ2n) is 6.10. The fourth-order valence-corrected chi connectivity index (χ4v) is 2.41. The summed E-state index contributed by atoms with van der Waals surface area (Å²) in [6.07, 6.45) is 4.76. The van der Waals surface area contributed by atoms with Crippen molar-refractivity contribution in [2.24, 2.45) is 0 Å². The molecule has 128 valence electrons. The molecule has 0 fully saturated rings. The number of carbonyl (C=O) groups is 1. The largest absolute Gasteiger partial charge is 0.494 e. The highest BCUT2D eigenvalue weighted by Gasteiger charge is 2.05. The van der Waals surface area contributed by atoms with Crippen LogP contribution in [0.15, 0.2) is 48.5 Å². The molecule has 0 saturated carbocycles. The number of unbranched alkanes of at least 4 members (excludes halogenated alkanes) is 3. The molecule has 3 nitrogen and oxygen atoms in total. The molecule has 0 aliphatic carbocycles. The summed E-state index contributed by atoms with van der Waals surface area (Å²) in [4.78, 5) is 12.2. The van der Waals surface area contributed by atoms with Crippen LogP contribution in [0.2, 0.25) is 0 Å². The van der Waals surface area contributed by atoms with Crippen molar-refractivity contribution >= 4 is 5.91 Å². The molecule has 1 N–H and O–H groups in total. The molecule has 1 amide bonds. The molecule has 0 aromatic heterocycles. The van der Waals surface area contributed by atoms with Gasteiger partial charge in [-0.25, -0.2) is 0 Å². The first-order chi connectivity index (χ1) is 11.7. The molecular weight excluding hydrogens is 298 g/mol. The molecule has 0 aliphatic heterocycles. The predicted octanol–water partition coefficient (Wildman–Crippen LogP) is 4.88. The molecule has 0 saturated heterocycles. The number of ether oxygens (including phenoxy) is 1. The molecule has 3 heteroatoms. The fraction of sp³-hybridized carbons (Fsp3) is 0.381. The van der Waals surface area contributed by atoms with E-state index in [0.717, 1.165) is 24.3 Å². The van der Waals surface area contributed by atoms with Gasteiger partial charge in [0.05, 0.1) is 6.61 Å². The van der Waals surface area contributed by atoms with Gasteiger partial charge in [0.2, 0.25) is 0 Å². The third kappa shape index (κ3) is 6.07. The van der Waals surface area contributed by atoms with Crippen molar-refractivity contribution in [3.8, 4) is 5.75 Å². The van der Waals surface area contributed by atoms with Crippen LogP contribution in [0.4, 0.5) is 0 Å². The summed E-state index contributed by atoms with van der Waals surface area (Å²) in [5.41, 5.74) is 2.97. The third-order valence-corrected chi connectivity index (χ3v) is 3.96. The van der Waals surface area contributed by atoms with Gasteiger partial charge in [0.1, 0.15) is 5.75 Å². The van der Waals surface area contributed by atoms with Crippen LogP contribution in [0.1, 0.15) is 54.1 Å². The minimum absolute atomic E-state index is 0.0647. The first-order valence-electron chi connectivity index (χ1n) is 8.75. The molecule has 0 aliphatic rings. The zero-order chi connectivity index (χ0) is 17.2. The number of carbonyl (C=O) groups excluding carboxylic acids is 1. The Bertz CT molecular complexity index is 617. The molecule has 2 aromatic rings. The summed E-state index contributed by atoms with van der Waals surface area (Å²) in [7, 11) is 0. The molecule has 0 bridgehead atoms. The Labute approximate surface area is 145 Å². The molecule has 0 unspecified atom stereocenters. The van der Waals surface area contributed by atoms with Crippen LogP contribution >= 0.6 is 0 Å². The van der Waals surface area contributed by atoms with E-state index in [0.29, 0.717) is 12.1 Å². The highest BCUT2D eigenvalue weighted by Crippen LogP contribution is 2.13. The molecule has 2 aromatic carbocycles. The van der Waals surface area contributed by atoms with Gasteiger partial charge in [0, 0.05) is 12.1 Å². The summed E-state index contributed by atoms with van der Waals surface area (Å²) in [5.74, 6) is 0.756. The highest BCUT2D eigenvalue weighted by atomic mass is 16.5. The standard InChI is InChI=1S/C21H27NO2/c1-3-4-5-6-15-24-20-13-11-19(12-14-20)21(23)22-16-18-9-7-17(2)8-10-18/h7-14H,3-6,15-16H2,1-2H3,(H,22,23). The minimum Gasteiger partial charge on any atom is -0.494 e. The Kier molecular flexibility index (Phi) is 7.34. The van der Waals surface area contributed by atoms with Crippen LogP contribution in [0, 0.1) is 6.92 Å². The van der Waals surface area contributed by atoms with E-state index in [-0.39, 0.29) is 5.91 Å². The molecule has 0 atom stereocenters. The zero-order valence-corrected chi connectivity index (χ0v) is 14.7. The summed E-state index contributed by atoms with van der Waals surface area (Å²) < 4.78 is 5.70. The van der Waals surface area contributed by atoms with E-state index in [1.807, 2.05) is 48.5 Å². The lowest BCUT2D eigenvalue weighted by Gasteiger charge is -2.08. The number of nitrogens with one attached hydrogen (secondary N) is 1. The van der Waals surface area contributed by atoms with Gasteiger partial charge in [0.15, 0.2) is 0 Å². The molecule has 24 heavy (non-hydrogen) atoms. The average molecular weight is 325 g/mol. The van der Waals surface area contributed by atoms with Gasteiger partial charge in [-0.15, -0.1) is 0 Å². The highest BCUT2D eigenvalue weighted by molar-refractivity contribution is 5.94. The lowest BCUT2D eigenvalue weighted by Crippen LogP contribution is -2.22. The van der Waals surface area contributed by atoms with Crippen LogP contribution in [-0.2, 0) is 6.54 Å². The van der Waals surface area contributed by atoms with Crippen molar-refractivity contribution in [3.63, 3.8) is 0 Å². The summed E-state index contributed by atoms with van der Waals surface area (Å²) >= 11 is 0. The lowest BCUT2D eigenvalue weighted by molar-refractivity contribution is 0.0951. The van der Waals surface area contributed by atoms with Gasteiger partial charge in [-0.2, -0.15) is 0 Å². The number of benzene rings is 2. The first-order valence-corrected chi connectivity index (χ1v) is 8.75. The van der Waals surface area contributed by atoms with Crippen LogP contribution in [-0.4, -0.2) is 12.5 Å². The average Bonchev–Trinajstić information content (AvgIpc) is 2.61. The van der Waals surface area contributed by atoms with E-state index in [4.69, 9.17) is 4.74 Å². The monoisotopic (exact) mass is 325 g/mol. The molecule has 0 radical (unpaired) electrons. The summed E-state index contributed by atoms with van der Waals surface area (Å²) in [6.45, 7) is 5.52. The van der Waals surface area contributed by atoms with Crippen LogP contribution < -0.4 is 10.1 Å². The molecule has 0 heterocycles. The van der Waals surface area contributed by atoms with Crippen LogP contribution in [0.5, 0.6) is 5.75 Å². The second-order valence-corrected chi connectivity index (χ2v) is 6.10. The van der Waals surface area contributed by atoms with Crippen molar-refractivity contribution in [3.05, 3.63) is 65.2 Å². The lowest BCUT2D eigenvalue weighted by atomic mass is 10.1. The Morgan fingerprint density at radius 3 is 2.33 bits per heavy atom. The molecular formula is C21H27NO2. The number of amides is 1. The molecule has 0 spiro atoms. The van der Waals surface area contributed by atoms with Crippen molar-refractivity contribution in [1.82, 2.24) is 5.32 Å². The number of rotatable bonds is 9. The molecule has 2 rings (SSSR count). The SMILES string of the molecule is CCCCCCOc1ccc(C(=O)NCc2ccc(C)cc2)cc1. The quantitative estimate of drug-likeness (QED) is 0.667. The normalized spacial score (nSPS) is 10.4. The van der Waals surface area contributed by atoms with Crippen molar-refractivity contribution in [2.45, 2.75) is 46.1 Å². The van der Waals surface area contributed by atoms with E-state index in [1.165, 1.54) is 24.8 Å². The smallest absolute Gasteiger partial charge is 0.251 e. The van der Waals surface area contributed by atoms with Crippen molar-refractivity contribution in [1.29, 1.82) is 0 Å². The Hall–Kier alpha value is -2.29. The minimum atomic E-state index is -0.0647. The van der Waals surface area contributed by atoms with Gasteiger partial charge in [0.25, 0.3) is 5.91 Å². The summed E-state index contributed by atoms with van der Waals surface area (Å²) in [6, 6.07) is 15.5. The Balaban J connectivity index is 1.77. The summed E-state index contributed by atoms with van der Waals surface area (Å²) in [5, 5.41) is 2.94. The van der Waals surface area contributed by atoms with Gasteiger partial charge >= 0.3 is 0 Å². The number of hydrogen-bond donors (Lipinski definition) is 1. The van der Waals surface area contributed by atoms with Crippen LogP contribution in [0.3, 0.4) is 0 Å². The van der Waals surface area contributed by atoms with Gasteiger partial charge in [-0.1, -0.05) is 56.0 Å². The topological polar surface area (TPSA) is 38.3 Å². The zero-order valence-electron chi connectivity index (χ0n) is 14.7. The van der Waals surface area contributed by atoms with Gasteiger partial charge in [-0.05, 0) is 43.2 Å². The number of aryl methyl sites for hydroxylation is 1. The second kappa shape index (κ2) is 9.76. The van der Waals surface area contributed by atoms with Crippen molar-refractivity contribution in [2.75, 3.05) is 6.61 Å². The van der Waals surface area contributed by atoms with E-state index in [2.05, 4.69) is 19.2 Å². The Morgan fingerprint density at radius 2 is 1.67 bits per heavy atom. The third-order valence-electron chi connectivity index (χ3n) is 3.96. The van der Waals surface area contributed by atoms with E-state index in [1.54, 1.807) is 0 Å². The van der Waals surface area contributed by atoms with Gasteiger partial charge < -0.3 is 10.1 Å². The fourth-order valence-electron chi connectivity index (χ4n) is 2.41. The van der Waals surface area contributed by atoms with E-state index >= 15 is 0 Å². The maximum atomic E-state index is 12.2. The maximum absolute atomic E-state index is 12.2. The van der Waals surface area contributed by atoms with Gasteiger partial charge in [-0.3, -0.25) is 4.79 Å². The first kappa shape index (κ1) is 18.1.